The van der Waals surface area contributed by atoms with Crippen molar-refractivity contribution in [3.05, 3.63) is 65.2 Å². The zero-order valence-electron chi connectivity index (χ0n) is 16.0. The minimum Gasteiger partial charge on any atom is -0.326 e. The van der Waals surface area contributed by atoms with Gasteiger partial charge in [-0.05, 0) is 62.3 Å². The third-order valence-electron chi connectivity index (χ3n) is 4.89. The van der Waals surface area contributed by atoms with E-state index >= 15 is 0 Å². The fourth-order valence-corrected chi connectivity index (χ4v) is 3.73. The highest BCUT2D eigenvalue weighted by molar-refractivity contribution is 5.88. The van der Waals surface area contributed by atoms with Crippen LogP contribution < -0.4 is 5.32 Å². The number of carbonyl (C=O) groups is 1. The summed E-state index contributed by atoms with van der Waals surface area (Å²) in [4.78, 5) is 15.9. The Morgan fingerprint density at radius 3 is 2.35 bits per heavy atom. The van der Waals surface area contributed by atoms with Crippen LogP contribution in [-0.4, -0.2) is 36.3 Å². The van der Waals surface area contributed by atoms with Gasteiger partial charge in [-0.2, -0.15) is 0 Å². The quantitative estimate of drug-likeness (QED) is 0.853. The molecule has 4 nitrogen and oxygen atoms in total. The van der Waals surface area contributed by atoms with Gasteiger partial charge >= 0.3 is 0 Å². The van der Waals surface area contributed by atoms with Gasteiger partial charge in [-0.25, -0.2) is 0 Å². The monoisotopic (exact) mass is 351 g/mol. The molecule has 1 N–H and O–H groups in total. The second-order valence-corrected chi connectivity index (χ2v) is 7.49. The van der Waals surface area contributed by atoms with E-state index < -0.39 is 0 Å². The van der Waals surface area contributed by atoms with Crippen molar-refractivity contribution in [3.63, 3.8) is 0 Å². The van der Waals surface area contributed by atoms with E-state index in [0.29, 0.717) is 6.04 Å². The van der Waals surface area contributed by atoms with Crippen LogP contribution in [0.3, 0.4) is 0 Å². The van der Waals surface area contributed by atoms with E-state index in [9.17, 15) is 4.79 Å². The first-order valence-electron chi connectivity index (χ1n) is 9.35. The van der Waals surface area contributed by atoms with Crippen LogP contribution in [0.25, 0.3) is 0 Å². The Morgan fingerprint density at radius 2 is 1.73 bits per heavy atom. The molecular formula is C22H29N3O. The zero-order valence-corrected chi connectivity index (χ0v) is 16.0. The number of hydrogen-bond acceptors (Lipinski definition) is 3. The molecule has 0 bridgehead atoms. The summed E-state index contributed by atoms with van der Waals surface area (Å²) >= 11 is 0. The van der Waals surface area contributed by atoms with Gasteiger partial charge in [-0.1, -0.05) is 36.4 Å². The predicted molar refractivity (Wildman–Crippen MR) is 107 cm³/mol. The average molecular weight is 351 g/mol. The van der Waals surface area contributed by atoms with Gasteiger partial charge in [-0.15, -0.1) is 0 Å². The SMILES string of the molecule is CC(=O)Nc1ccc(CN2CCCC2c2ccc(CN(C)C)cc2)cc1. The number of anilines is 1. The van der Waals surface area contributed by atoms with Crippen molar-refractivity contribution in [1.82, 2.24) is 9.80 Å². The van der Waals surface area contributed by atoms with Crippen LogP contribution in [-0.2, 0) is 17.9 Å². The molecule has 138 valence electrons. The third kappa shape index (κ3) is 4.93. The Bertz CT molecular complexity index is 722. The molecule has 4 heteroatoms. The minimum absolute atomic E-state index is 0.0323. The first-order valence-corrected chi connectivity index (χ1v) is 9.35. The normalized spacial score (nSPS) is 17.6. The molecule has 3 rings (SSSR count). The molecule has 26 heavy (non-hydrogen) atoms. The van der Waals surface area contributed by atoms with Gasteiger partial charge in [0, 0.05) is 31.7 Å². The van der Waals surface area contributed by atoms with Gasteiger partial charge in [0.25, 0.3) is 0 Å². The van der Waals surface area contributed by atoms with Crippen molar-refractivity contribution in [1.29, 1.82) is 0 Å². The Balaban J connectivity index is 1.65. The molecule has 1 aliphatic rings. The number of nitrogens with one attached hydrogen (secondary N) is 1. The molecule has 1 amide bonds. The Morgan fingerprint density at radius 1 is 1.08 bits per heavy atom. The summed E-state index contributed by atoms with van der Waals surface area (Å²) in [6, 6.07) is 17.8. The highest BCUT2D eigenvalue weighted by Gasteiger charge is 2.25. The van der Waals surface area contributed by atoms with E-state index in [1.807, 2.05) is 12.1 Å². The lowest BCUT2D eigenvalue weighted by Crippen LogP contribution is -2.22. The van der Waals surface area contributed by atoms with Crippen LogP contribution in [0.4, 0.5) is 5.69 Å². The molecule has 2 aromatic carbocycles. The van der Waals surface area contributed by atoms with E-state index in [-0.39, 0.29) is 5.91 Å². The summed E-state index contributed by atoms with van der Waals surface area (Å²) in [5, 5.41) is 2.82. The maximum atomic E-state index is 11.1. The lowest BCUT2D eigenvalue weighted by Gasteiger charge is -2.25. The smallest absolute Gasteiger partial charge is 0.221 e. The number of hydrogen-bond donors (Lipinski definition) is 1. The molecule has 0 spiro atoms. The van der Waals surface area contributed by atoms with Crippen LogP contribution >= 0.6 is 0 Å². The second kappa shape index (κ2) is 8.47. The first-order chi connectivity index (χ1) is 12.5. The van der Waals surface area contributed by atoms with Gasteiger partial charge < -0.3 is 10.2 Å². The highest BCUT2D eigenvalue weighted by Crippen LogP contribution is 2.33. The minimum atomic E-state index is -0.0323. The van der Waals surface area contributed by atoms with Gasteiger partial charge in [0.2, 0.25) is 5.91 Å². The number of amides is 1. The first kappa shape index (κ1) is 18.6. The summed E-state index contributed by atoms with van der Waals surface area (Å²) in [6.45, 7) is 4.60. The van der Waals surface area contributed by atoms with Crippen molar-refractivity contribution < 1.29 is 4.79 Å². The third-order valence-corrected chi connectivity index (χ3v) is 4.89. The maximum Gasteiger partial charge on any atom is 0.221 e. The van der Waals surface area contributed by atoms with Crippen LogP contribution in [0.1, 0.15) is 42.5 Å². The molecule has 2 aromatic rings. The van der Waals surface area contributed by atoms with E-state index in [1.165, 1.54) is 36.5 Å². The van der Waals surface area contributed by atoms with E-state index in [0.717, 1.165) is 25.3 Å². The van der Waals surface area contributed by atoms with Crippen LogP contribution in [0, 0.1) is 0 Å². The van der Waals surface area contributed by atoms with Crippen molar-refractivity contribution in [2.45, 2.75) is 38.9 Å². The number of carbonyl (C=O) groups excluding carboxylic acids is 1. The summed E-state index contributed by atoms with van der Waals surface area (Å²) in [5.41, 5.74) is 4.92. The summed E-state index contributed by atoms with van der Waals surface area (Å²) in [6.07, 6.45) is 2.46. The molecular weight excluding hydrogens is 322 g/mol. The molecule has 0 aliphatic carbocycles. The van der Waals surface area contributed by atoms with Crippen molar-refractivity contribution in [2.24, 2.45) is 0 Å². The predicted octanol–water partition coefficient (Wildman–Crippen LogP) is 4.04. The topological polar surface area (TPSA) is 35.6 Å². The molecule has 1 saturated heterocycles. The summed E-state index contributed by atoms with van der Waals surface area (Å²) < 4.78 is 0. The van der Waals surface area contributed by atoms with Crippen molar-refractivity contribution in [3.8, 4) is 0 Å². The van der Waals surface area contributed by atoms with Crippen LogP contribution in [0.5, 0.6) is 0 Å². The van der Waals surface area contributed by atoms with E-state index in [4.69, 9.17) is 0 Å². The standard InChI is InChI=1S/C22H29N3O/c1-17(26)23-21-12-8-19(9-13-21)16-25-14-4-5-22(25)20-10-6-18(7-11-20)15-24(2)3/h6-13,22H,4-5,14-16H2,1-3H3,(H,23,26). The second-order valence-electron chi connectivity index (χ2n) is 7.49. The fourth-order valence-electron chi connectivity index (χ4n) is 3.73. The van der Waals surface area contributed by atoms with Gasteiger partial charge in [-0.3, -0.25) is 9.69 Å². The summed E-state index contributed by atoms with van der Waals surface area (Å²) in [5.74, 6) is -0.0323. The largest absolute Gasteiger partial charge is 0.326 e. The highest BCUT2D eigenvalue weighted by atomic mass is 16.1. The molecule has 0 aromatic heterocycles. The Labute approximate surface area is 156 Å². The number of rotatable bonds is 6. The van der Waals surface area contributed by atoms with Crippen molar-refractivity contribution >= 4 is 11.6 Å². The van der Waals surface area contributed by atoms with Gasteiger partial charge in [0.05, 0.1) is 0 Å². The number of nitrogens with zero attached hydrogens (tertiary/aromatic N) is 2. The van der Waals surface area contributed by atoms with Gasteiger partial charge in [0.1, 0.15) is 0 Å². The van der Waals surface area contributed by atoms with E-state index in [2.05, 4.69) is 65.6 Å². The number of likely N-dealkylation sites (tertiary alicyclic amines) is 1. The molecule has 0 radical (unpaired) electrons. The molecule has 1 unspecified atom stereocenters. The van der Waals surface area contributed by atoms with Crippen LogP contribution in [0.15, 0.2) is 48.5 Å². The Kier molecular flexibility index (Phi) is 6.07. The zero-order chi connectivity index (χ0) is 18.5. The molecule has 1 fully saturated rings. The van der Waals surface area contributed by atoms with E-state index in [1.54, 1.807) is 0 Å². The average Bonchev–Trinajstić information content (AvgIpc) is 3.04. The lowest BCUT2D eigenvalue weighted by atomic mass is 10.0. The van der Waals surface area contributed by atoms with Crippen LogP contribution in [0.2, 0.25) is 0 Å². The molecule has 0 saturated carbocycles. The van der Waals surface area contributed by atoms with Gasteiger partial charge in [0.15, 0.2) is 0 Å². The number of benzene rings is 2. The lowest BCUT2D eigenvalue weighted by molar-refractivity contribution is -0.114. The molecule has 1 heterocycles. The molecule has 1 atom stereocenters. The van der Waals surface area contributed by atoms with Crippen molar-refractivity contribution in [2.75, 3.05) is 26.0 Å². The summed E-state index contributed by atoms with van der Waals surface area (Å²) in [7, 11) is 4.20. The molecule has 1 aliphatic heterocycles. The fraction of sp³-hybridized carbons (Fsp3) is 0.409. The maximum absolute atomic E-state index is 11.1. The Hall–Kier alpha value is -2.17.